The van der Waals surface area contributed by atoms with Crippen molar-refractivity contribution in [3.8, 4) is 5.75 Å². The van der Waals surface area contributed by atoms with E-state index in [4.69, 9.17) is 4.74 Å². The van der Waals surface area contributed by atoms with Gasteiger partial charge in [-0.2, -0.15) is 0 Å². The molecular formula is C12H13FN2O3. The quantitative estimate of drug-likeness (QED) is 0.797. The predicted octanol–water partition coefficient (Wildman–Crippen LogP) is 1.04. The van der Waals surface area contributed by atoms with Gasteiger partial charge in [-0.15, -0.1) is 0 Å². The zero-order chi connectivity index (χ0) is 13.0. The second-order valence-electron chi connectivity index (χ2n) is 3.87. The molecule has 5 nitrogen and oxygen atoms in total. The molecule has 0 aromatic heterocycles. The highest BCUT2D eigenvalue weighted by molar-refractivity contribution is 5.79. The molecule has 1 aromatic carbocycles. The molecule has 1 heterocycles. The summed E-state index contributed by atoms with van der Waals surface area (Å²) in [7, 11) is 0. The fraction of sp³-hybridized carbons (Fsp3) is 0.333. The molecule has 1 aromatic rings. The fourth-order valence-corrected chi connectivity index (χ4v) is 1.73. The number of hydrogen-bond donors (Lipinski definition) is 1. The monoisotopic (exact) mass is 252 g/mol. The topological polar surface area (TPSA) is 58.6 Å². The molecule has 0 atom stereocenters. The summed E-state index contributed by atoms with van der Waals surface area (Å²) in [5.41, 5.74) is 0.167. The van der Waals surface area contributed by atoms with Crippen LogP contribution in [0.25, 0.3) is 0 Å². The van der Waals surface area contributed by atoms with Gasteiger partial charge in [0.1, 0.15) is 18.2 Å². The number of aldehydes is 1. The Labute approximate surface area is 104 Å². The molecule has 0 unspecified atom stereocenters. The lowest BCUT2D eigenvalue weighted by atomic mass is 10.2. The summed E-state index contributed by atoms with van der Waals surface area (Å²) < 4.78 is 18.3. The van der Waals surface area contributed by atoms with E-state index in [0.29, 0.717) is 31.7 Å². The van der Waals surface area contributed by atoms with Crippen LogP contribution in [0.15, 0.2) is 18.2 Å². The Morgan fingerprint density at radius 2 is 2.33 bits per heavy atom. The lowest BCUT2D eigenvalue weighted by Crippen LogP contribution is -2.31. The van der Waals surface area contributed by atoms with Crippen LogP contribution in [0.5, 0.6) is 5.75 Å². The first kappa shape index (κ1) is 12.3. The average Bonchev–Trinajstić information content (AvgIpc) is 2.77. The highest BCUT2D eigenvalue weighted by Gasteiger charge is 2.18. The van der Waals surface area contributed by atoms with Gasteiger partial charge < -0.3 is 15.0 Å². The van der Waals surface area contributed by atoms with E-state index in [2.05, 4.69) is 5.32 Å². The molecule has 1 saturated heterocycles. The zero-order valence-corrected chi connectivity index (χ0v) is 9.69. The van der Waals surface area contributed by atoms with Crippen LogP contribution in [0.1, 0.15) is 10.4 Å². The Bertz CT molecular complexity index is 465. The van der Waals surface area contributed by atoms with Crippen LogP contribution in [-0.2, 0) is 0 Å². The smallest absolute Gasteiger partial charge is 0.317 e. The first-order valence-electron chi connectivity index (χ1n) is 5.61. The summed E-state index contributed by atoms with van der Waals surface area (Å²) >= 11 is 0. The molecule has 1 aliphatic heterocycles. The van der Waals surface area contributed by atoms with E-state index in [-0.39, 0.29) is 18.2 Å². The number of ether oxygens (including phenoxy) is 1. The standard InChI is InChI=1S/C12H13FN2O3/c13-10-1-2-11(9(7-10)8-16)18-6-5-15-4-3-14-12(15)17/h1-2,7-8H,3-6H2,(H,14,17). The van der Waals surface area contributed by atoms with Crippen molar-refractivity contribution in [1.29, 1.82) is 0 Å². The number of carbonyl (C=O) groups is 2. The third-order valence-corrected chi connectivity index (χ3v) is 2.66. The maximum absolute atomic E-state index is 12.9. The molecule has 96 valence electrons. The Balaban J connectivity index is 1.90. The largest absolute Gasteiger partial charge is 0.491 e. The van der Waals surface area contributed by atoms with Gasteiger partial charge in [-0.05, 0) is 18.2 Å². The summed E-state index contributed by atoms with van der Waals surface area (Å²) in [6.45, 7) is 1.97. The maximum Gasteiger partial charge on any atom is 0.317 e. The number of benzene rings is 1. The number of halogens is 1. The van der Waals surface area contributed by atoms with Crippen LogP contribution < -0.4 is 10.1 Å². The second kappa shape index (κ2) is 5.48. The van der Waals surface area contributed by atoms with Gasteiger partial charge in [-0.1, -0.05) is 0 Å². The third-order valence-electron chi connectivity index (χ3n) is 2.66. The molecule has 1 N–H and O–H groups in total. The molecule has 0 bridgehead atoms. The van der Waals surface area contributed by atoms with Crippen molar-refractivity contribution in [3.63, 3.8) is 0 Å². The average molecular weight is 252 g/mol. The van der Waals surface area contributed by atoms with E-state index in [1.165, 1.54) is 12.1 Å². The number of nitrogens with one attached hydrogen (secondary N) is 1. The number of rotatable bonds is 5. The van der Waals surface area contributed by atoms with Crippen molar-refractivity contribution >= 4 is 12.3 Å². The van der Waals surface area contributed by atoms with Gasteiger partial charge in [-0.3, -0.25) is 4.79 Å². The maximum atomic E-state index is 12.9. The minimum atomic E-state index is -0.483. The first-order valence-corrected chi connectivity index (χ1v) is 5.61. The molecule has 6 heteroatoms. The molecule has 0 spiro atoms. The van der Waals surface area contributed by atoms with Gasteiger partial charge in [0.25, 0.3) is 0 Å². The normalized spacial score (nSPS) is 14.5. The molecule has 1 aliphatic rings. The SMILES string of the molecule is O=Cc1cc(F)ccc1OCCN1CCNC1=O. The van der Waals surface area contributed by atoms with E-state index in [1.54, 1.807) is 4.90 Å². The van der Waals surface area contributed by atoms with Crippen LogP contribution >= 0.6 is 0 Å². The van der Waals surface area contributed by atoms with Crippen LogP contribution in [0.3, 0.4) is 0 Å². The van der Waals surface area contributed by atoms with Crippen molar-refractivity contribution in [1.82, 2.24) is 10.2 Å². The van der Waals surface area contributed by atoms with Crippen LogP contribution in [0.4, 0.5) is 9.18 Å². The van der Waals surface area contributed by atoms with Crippen LogP contribution in [-0.4, -0.2) is 43.5 Å². The predicted molar refractivity (Wildman–Crippen MR) is 62.3 cm³/mol. The van der Waals surface area contributed by atoms with E-state index in [0.717, 1.165) is 6.07 Å². The summed E-state index contributed by atoms with van der Waals surface area (Å²) in [6.07, 6.45) is 0.543. The van der Waals surface area contributed by atoms with E-state index < -0.39 is 5.82 Å². The highest BCUT2D eigenvalue weighted by Crippen LogP contribution is 2.17. The highest BCUT2D eigenvalue weighted by atomic mass is 19.1. The van der Waals surface area contributed by atoms with E-state index >= 15 is 0 Å². The number of urea groups is 1. The van der Waals surface area contributed by atoms with Crippen LogP contribution in [0.2, 0.25) is 0 Å². The summed E-state index contributed by atoms with van der Waals surface area (Å²) in [4.78, 5) is 23.6. The molecule has 0 saturated carbocycles. The third kappa shape index (κ3) is 2.77. The summed E-state index contributed by atoms with van der Waals surface area (Å²) in [5, 5.41) is 2.67. The Hall–Kier alpha value is -2.11. The Kier molecular flexibility index (Phi) is 3.76. The molecule has 2 rings (SSSR count). The molecule has 18 heavy (non-hydrogen) atoms. The zero-order valence-electron chi connectivity index (χ0n) is 9.69. The molecule has 0 aliphatic carbocycles. The molecule has 1 fully saturated rings. The number of hydrogen-bond acceptors (Lipinski definition) is 3. The van der Waals surface area contributed by atoms with Gasteiger partial charge >= 0.3 is 6.03 Å². The van der Waals surface area contributed by atoms with Gasteiger partial charge in [0.2, 0.25) is 0 Å². The molecule has 0 radical (unpaired) electrons. The first-order chi connectivity index (χ1) is 8.70. The van der Waals surface area contributed by atoms with Gasteiger partial charge in [0.15, 0.2) is 6.29 Å². The molecular weight excluding hydrogens is 239 g/mol. The minimum Gasteiger partial charge on any atom is -0.491 e. The second-order valence-corrected chi connectivity index (χ2v) is 3.87. The van der Waals surface area contributed by atoms with Crippen molar-refractivity contribution in [2.45, 2.75) is 0 Å². The Morgan fingerprint density at radius 3 is 3.00 bits per heavy atom. The van der Waals surface area contributed by atoms with Gasteiger partial charge in [-0.25, -0.2) is 9.18 Å². The summed E-state index contributed by atoms with van der Waals surface area (Å²) in [5.74, 6) is -0.158. The number of nitrogens with zero attached hydrogens (tertiary/aromatic N) is 1. The number of carbonyl (C=O) groups excluding carboxylic acids is 2. The lowest BCUT2D eigenvalue weighted by molar-refractivity contribution is 0.111. The van der Waals surface area contributed by atoms with Crippen molar-refractivity contribution < 1.29 is 18.7 Å². The van der Waals surface area contributed by atoms with Crippen molar-refractivity contribution in [3.05, 3.63) is 29.6 Å². The number of amides is 2. The van der Waals surface area contributed by atoms with E-state index in [9.17, 15) is 14.0 Å². The van der Waals surface area contributed by atoms with E-state index in [1.807, 2.05) is 0 Å². The fourth-order valence-electron chi connectivity index (χ4n) is 1.73. The Morgan fingerprint density at radius 1 is 1.50 bits per heavy atom. The molecule has 2 amide bonds. The lowest BCUT2D eigenvalue weighted by Gasteiger charge is -2.15. The van der Waals surface area contributed by atoms with Crippen molar-refractivity contribution in [2.75, 3.05) is 26.2 Å². The van der Waals surface area contributed by atoms with Gasteiger partial charge in [0.05, 0.1) is 12.1 Å². The minimum absolute atomic E-state index is 0.117. The summed E-state index contributed by atoms with van der Waals surface area (Å²) in [6, 6.07) is 3.63. The van der Waals surface area contributed by atoms with Crippen molar-refractivity contribution in [2.24, 2.45) is 0 Å². The van der Waals surface area contributed by atoms with Gasteiger partial charge in [0, 0.05) is 13.1 Å². The van der Waals surface area contributed by atoms with Crippen LogP contribution in [0, 0.1) is 5.82 Å².